The molecule has 0 aliphatic carbocycles. The predicted molar refractivity (Wildman–Crippen MR) is 134 cm³/mol. The second-order valence-electron chi connectivity index (χ2n) is 9.04. The molecule has 0 radical (unpaired) electrons. The largest absolute Gasteiger partial charge is 0.379 e. The molecule has 184 valence electrons. The second kappa shape index (κ2) is 11.2. The van der Waals surface area contributed by atoms with E-state index >= 15 is 0 Å². The van der Waals surface area contributed by atoms with Gasteiger partial charge in [-0.1, -0.05) is 29.3 Å². The van der Waals surface area contributed by atoms with Gasteiger partial charge in [-0.05, 0) is 43.9 Å². The highest BCUT2D eigenvalue weighted by atomic mass is 35.5. The number of nitrogens with zero attached hydrogens (tertiary/aromatic N) is 4. The molecule has 1 aromatic carbocycles. The second-order valence-corrected chi connectivity index (χ2v) is 9.86. The fourth-order valence-corrected chi connectivity index (χ4v) is 5.12. The van der Waals surface area contributed by atoms with Crippen molar-refractivity contribution in [2.24, 2.45) is 5.73 Å². The van der Waals surface area contributed by atoms with Crippen LogP contribution in [0.1, 0.15) is 40.9 Å². The highest BCUT2D eigenvalue weighted by Crippen LogP contribution is 2.25. The molecule has 0 bridgehead atoms. The summed E-state index contributed by atoms with van der Waals surface area (Å²) < 4.78 is 5.56. The zero-order valence-electron chi connectivity index (χ0n) is 19.6. The molecule has 3 N–H and O–H groups in total. The van der Waals surface area contributed by atoms with Gasteiger partial charge < -0.3 is 20.7 Å². The third-order valence-corrected chi connectivity index (χ3v) is 7.68. The average molecular weight is 507 g/mol. The lowest BCUT2D eigenvalue weighted by Gasteiger charge is -2.43. The lowest BCUT2D eigenvalue weighted by Crippen LogP contribution is -2.56. The minimum absolute atomic E-state index is 0.0497. The molecule has 2 aromatic rings. The number of amides is 1. The van der Waals surface area contributed by atoms with E-state index in [1.165, 1.54) is 6.33 Å². The Labute approximate surface area is 210 Å². The van der Waals surface area contributed by atoms with Crippen LogP contribution in [0.3, 0.4) is 0 Å². The summed E-state index contributed by atoms with van der Waals surface area (Å²) in [6, 6.07) is 6.03. The molecule has 10 heteroatoms. The van der Waals surface area contributed by atoms with E-state index in [4.69, 9.17) is 33.7 Å². The van der Waals surface area contributed by atoms with Crippen LogP contribution < -0.4 is 11.1 Å². The van der Waals surface area contributed by atoms with Gasteiger partial charge >= 0.3 is 0 Å². The van der Waals surface area contributed by atoms with E-state index < -0.39 is 0 Å². The van der Waals surface area contributed by atoms with Crippen LogP contribution in [0.25, 0.3) is 0 Å². The highest BCUT2D eigenvalue weighted by Gasteiger charge is 2.33. The van der Waals surface area contributed by atoms with Crippen LogP contribution in [-0.4, -0.2) is 77.2 Å². The van der Waals surface area contributed by atoms with Crippen molar-refractivity contribution in [1.29, 1.82) is 0 Å². The van der Waals surface area contributed by atoms with E-state index in [9.17, 15) is 4.79 Å². The first-order valence-electron chi connectivity index (χ1n) is 11.7. The zero-order chi connectivity index (χ0) is 24.2. The molecule has 0 spiro atoms. The van der Waals surface area contributed by atoms with E-state index in [0.29, 0.717) is 47.2 Å². The van der Waals surface area contributed by atoms with Gasteiger partial charge in [0.25, 0.3) is 5.91 Å². The van der Waals surface area contributed by atoms with E-state index in [0.717, 1.165) is 43.5 Å². The van der Waals surface area contributed by atoms with Crippen molar-refractivity contribution in [3.8, 4) is 0 Å². The van der Waals surface area contributed by atoms with E-state index in [-0.39, 0.29) is 18.1 Å². The van der Waals surface area contributed by atoms with Crippen LogP contribution in [0.5, 0.6) is 0 Å². The fourth-order valence-electron chi connectivity index (χ4n) is 4.80. The summed E-state index contributed by atoms with van der Waals surface area (Å²) in [5, 5.41) is 4.31. The number of hydrogen-bond donors (Lipinski definition) is 2. The van der Waals surface area contributed by atoms with Gasteiger partial charge in [0.15, 0.2) is 0 Å². The molecule has 1 amide bonds. The predicted octanol–water partition coefficient (Wildman–Crippen LogP) is 3.36. The number of carbonyl (C=O) groups is 1. The molecule has 2 unspecified atom stereocenters. The summed E-state index contributed by atoms with van der Waals surface area (Å²) in [6.45, 7) is 5.64. The molecule has 34 heavy (non-hydrogen) atoms. The van der Waals surface area contributed by atoms with Gasteiger partial charge in [-0.25, -0.2) is 9.97 Å². The maximum atomic E-state index is 13.3. The molecule has 2 fully saturated rings. The van der Waals surface area contributed by atoms with Crippen molar-refractivity contribution in [1.82, 2.24) is 19.8 Å². The van der Waals surface area contributed by atoms with Crippen molar-refractivity contribution in [3.63, 3.8) is 0 Å². The number of halogens is 2. The van der Waals surface area contributed by atoms with Crippen molar-refractivity contribution in [2.45, 2.75) is 50.9 Å². The zero-order valence-corrected chi connectivity index (χ0v) is 21.1. The number of hydrogen-bond acceptors (Lipinski definition) is 7. The Morgan fingerprint density at radius 1 is 1.18 bits per heavy atom. The van der Waals surface area contributed by atoms with Gasteiger partial charge in [-0.2, -0.15) is 0 Å². The maximum absolute atomic E-state index is 13.3. The number of methoxy groups -OCH3 is 1. The maximum Gasteiger partial charge on any atom is 0.272 e. The first-order chi connectivity index (χ1) is 16.4. The number of rotatable bonds is 6. The molecule has 3 heterocycles. The Morgan fingerprint density at radius 3 is 2.65 bits per heavy atom. The van der Waals surface area contributed by atoms with Crippen molar-refractivity contribution in [2.75, 3.05) is 38.6 Å². The summed E-state index contributed by atoms with van der Waals surface area (Å²) in [5.41, 5.74) is 8.31. The lowest BCUT2D eigenvalue weighted by atomic mass is 9.96. The number of likely N-dealkylation sites (tertiary alicyclic amines) is 2. The molecule has 2 saturated heterocycles. The lowest BCUT2D eigenvalue weighted by molar-refractivity contribution is -0.00959. The molecule has 8 nitrogen and oxygen atoms in total. The molecule has 4 rings (SSSR count). The fraction of sp³-hybridized carbons (Fsp3) is 0.542. The molecular formula is C24H32Cl2N6O2. The topological polar surface area (TPSA) is 96.6 Å². The molecule has 0 saturated carbocycles. The Hall–Kier alpha value is -1.97. The molecule has 2 atom stereocenters. The number of carbonyl (C=O) groups excluding carboxylic acids is 1. The van der Waals surface area contributed by atoms with Gasteiger partial charge in [0, 0.05) is 57.5 Å². The van der Waals surface area contributed by atoms with E-state index in [2.05, 4.69) is 20.2 Å². The quantitative estimate of drug-likeness (QED) is 0.619. The van der Waals surface area contributed by atoms with Crippen LogP contribution in [0, 0.1) is 6.92 Å². The highest BCUT2D eigenvalue weighted by molar-refractivity contribution is 6.42. The van der Waals surface area contributed by atoms with E-state index in [1.807, 2.05) is 24.0 Å². The standard InChI is InChI=1S/C24H32Cl2N6O2/c1-15-22(29-14-30-23(15)28-12-16-3-4-18(25)19(26)11-16)24(33)31-8-5-17(6-9-31)32-10-7-20(27)21(13-32)34-2/h3-4,11,14,17,20-21H,5-10,12-13,27H2,1-2H3,(H,28,29,30). The van der Waals surface area contributed by atoms with Crippen LogP contribution in [0.15, 0.2) is 24.5 Å². The van der Waals surface area contributed by atoms with Gasteiger partial charge in [0.1, 0.15) is 17.8 Å². The van der Waals surface area contributed by atoms with Gasteiger partial charge in [-0.15, -0.1) is 0 Å². The van der Waals surface area contributed by atoms with Crippen LogP contribution in [-0.2, 0) is 11.3 Å². The van der Waals surface area contributed by atoms with Crippen LogP contribution in [0.2, 0.25) is 10.0 Å². The Morgan fingerprint density at radius 2 is 1.94 bits per heavy atom. The minimum Gasteiger partial charge on any atom is -0.379 e. The molecule has 1 aromatic heterocycles. The third kappa shape index (κ3) is 5.63. The van der Waals surface area contributed by atoms with Crippen molar-refractivity contribution >= 4 is 34.9 Å². The summed E-state index contributed by atoms with van der Waals surface area (Å²) in [6.07, 6.45) is 4.32. The third-order valence-electron chi connectivity index (χ3n) is 6.94. The summed E-state index contributed by atoms with van der Waals surface area (Å²) in [7, 11) is 1.73. The number of ether oxygens (including phenoxy) is 1. The Bertz CT molecular complexity index is 1010. The van der Waals surface area contributed by atoms with E-state index in [1.54, 1.807) is 13.2 Å². The number of piperidine rings is 2. The summed E-state index contributed by atoms with van der Waals surface area (Å²) in [4.78, 5) is 26.3. The van der Waals surface area contributed by atoms with Crippen LogP contribution >= 0.6 is 23.2 Å². The van der Waals surface area contributed by atoms with Crippen molar-refractivity contribution in [3.05, 3.63) is 51.4 Å². The van der Waals surface area contributed by atoms with Crippen LogP contribution in [0.4, 0.5) is 5.82 Å². The molecular weight excluding hydrogens is 475 g/mol. The number of benzene rings is 1. The normalized spacial score (nSPS) is 22.1. The summed E-state index contributed by atoms with van der Waals surface area (Å²) >= 11 is 12.1. The van der Waals surface area contributed by atoms with Gasteiger partial charge in [0.05, 0.1) is 16.1 Å². The number of aromatic nitrogens is 2. The van der Waals surface area contributed by atoms with Gasteiger partial charge in [-0.3, -0.25) is 9.69 Å². The smallest absolute Gasteiger partial charge is 0.272 e. The number of anilines is 1. The van der Waals surface area contributed by atoms with Crippen molar-refractivity contribution < 1.29 is 9.53 Å². The molecule has 2 aliphatic rings. The Balaban J connectivity index is 1.35. The number of nitrogens with one attached hydrogen (secondary N) is 1. The monoisotopic (exact) mass is 506 g/mol. The first-order valence-corrected chi connectivity index (χ1v) is 12.4. The average Bonchev–Trinajstić information content (AvgIpc) is 2.85. The SMILES string of the molecule is COC1CN(C2CCN(C(=O)c3ncnc(NCc4ccc(Cl)c(Cl)c4)c3C)CC2)CCC1N. The Kier molecular flexibility index (Phi) is 8.26. The van der Waals surface area contributed by atoms with Gasteiger partial charge in [0.2, 0.25) is 0 Å². The summed E-state index contributed by atoms with van der Waals surface area (Å²) in [5.74, 6) is 0.584. The molecule has 2 aliphatic heterocycles. The minimum atomic E-state index is -0.0497. The number of nitrogens with two attached hydrogens (primary N) is 1. The first kappa shape index (κ1) is 25.1.